The molecule has 1 fully saturated rings. The first-order valence-electron chi connectivity index (χ1n) is 5.42. The maximum atomic E-state index is 5.72. The van der Waals surface area contributed by atoms with Gasteiger partial charge in [-0.1, -0.05) is 11.6 Å². The quantitative estimate of drug-likeness (QED) is 0.672. The second kappa shape index (κ2) is 4.24. The molecule has 1 atom stereocenters. The van der Waals surface area contributed by atoms with Crippen molar-refractivity contribution in [3.8, 4) is 0 Å². The van der Waals surface area contributed by atoms with Crippen LogP contribution < -0.4 is 0 Å². The van der Waals surface area contributed by atoms with Gasteiger partial charge in [0.15, 0.2) is 0 Å². The van der Waals surface area contributed by atoms with Crippen LogP contribution in [-0.2, 0) is 9.47 Å². The van der Waals surface area contributed by atoms with Crippen molar-refractivity contribution in [2.75, 3.05) is 20.3 Å². The summed E-state index contributed by atoms with van der Waals surface area (Å²) in [6.45, 7) is 12.1. The Hall–Kier alpha value is -0.380. The van der Waals surface area contributed by atoms with Gasteiger partial charge in [-0.15, -0.1) is 0 Å². The molecule has 1 heterocycles. The summed E-state index contributed by atoms with van der Waals surface area (Å²) in [4.78, 5) is 2.24. The Labute approximate surface area is 93.0 Å². The van der Waals surface area contributed by atoms with E-state index in [0.29, 0.717) is 6.61 Å². The number of methoxy groups -OCH3 is 1. The lowest BCUT2D eigenvalue weighted by molar-refractivity contribution is -0.251. The summed E-state index contributed by atoms with van der Waals surface area (Å²) >= 11 is 0. The molecule has 3 heteroatoms. The van der Waals surface area contributed by atoms with Crippen molar-refractivity contribution in [1.29, 1.82) is 0 Å². The molecule has 1 saturated heterocycles. The van der Waals surface area contributed by atoms with Gasteiger partial charge >= 0.3 is 0 Å². The zero-order valence-corrected chi connectivity index (χ0v) is 10.8. The van der Waals surface area contributed by atoms with Crippen LogP contribution in [0, 0.1) is 0 Å². The molecule has 0 N–H and O–H groups in total. The van der Waals surface area contributed by atoms with E-state index in [4.69, 9.17) is 9.47 Å². The molecule has 0 aromatic carbocycles. The highest BCUT2D eigenvalue weighted by atomic mass is 16.7. The van der Waals surface area contributed by atoms with E-state index in [1.807, 2.05) is 6.92 Å². The van der Waals surface area contributed by atoms with Crippen molar-refractivity contribution in [3.05, 3.63) is 11.6 Å². The summed E-state index contributed by atoms with van der Waals surface area (Å²) < 4.78 is 11.2. The predicted octanol–water partition coefficient (Wildman–Crippen LogP) is 2.38. The molecule has 0 spiro atoms. The maximum Gasteiger partial charge on any atom is 0.227 e. The highest BCUT2D eigenvalue weighted by Crippen LogP contribution is 2.34. The smallest absolute Gasteiger partial charge is 0.227 e. The predicted molar refractivity (Wildman–Crippen MR) is 61.6 cm³/mol. The molecule has 0 bridgehead atoms. The number of hydrogen-bond donors (Lipinski definition) is 0. The van der Waals surface area contributed by atoms with E-state index in [9.17, 15) is 0 Å². The first-order valence-corrected chi connectivity index (χ1v) is 5.42. The van der Waals surface area contributed by atoms with Crippen LogP contribution in [0.2, 0.25) is 0 Å². The third kappa shape index (κ3) is 2.60. The van der Waals surface area contributed by atoms with Crippen molar-refractivity contribution in [2.45, 2.75) is 46.1 Å². The first kappa shape index (κ1) is 12.7. The van der Waals surface area contributed by atoms with Crippen molar-refractivity contribution in [2.24, 2.45) is 0 Å². The third-order valence-corrected chi connectivity index (χ3v) is 2.98. The van der Waals surface area contributed by atoms with Crippen LogP contribution in [0.4, 0.5) is 0 Å². The summed E-state index contributed by atoms with van der Waals surface area (Å²) in [5.74, 6) is -0.588. The molecule has 0 aromatic heterocycles. The number of ether oxygens (including phenoxy) is 2. The van der Waals surface area contributed by atoms with E-state index in [-0.39, 0.29) is 5.54 Å². The zero-order chi connectivity index (χ0) is 11.7. The molecule has 0 aliphatic carbocycles. The highest BCUT2D eigenvalue weighted by Gasteiger charge is 2.48. The van der Waals surface area contributed by atoms with Gasteiger partial charge in [0.1, 0.15) is 0 Å². The number of rotatable bonds is 3. The molecular formula is C12H23NO2. The van der Waals surface area contributed by atoms with Crippen molar-refractivity contribution >= 4 is 0 Å². The molecular weight excluding hydrogens is 190 g/mol. The van der Waals surface area contributed by atoms with Crippen LogP contribution in [0.3, 0.4) is 0 Å². The fourth-order valence-corrected chi connectivity index (χ4v) is 1.87. The largest absolute Gasteiger partial charge is 0.341 e. The second-order valence-electron chi connectivity index (χ2n) is 5.10. The van der Waals surface area contributed by atoms with Crippen molar-refractivity contribution in [1.82, 2.24) is 4.90 Å². The Morgan fingerprint density at radius 3 is 2.47 bits per heavy atom. The maximum absolute atomic E-state index is 5.72. The molecule has 1 rings (SSSR count). The lowest BCUT2D eigenvalue weighted by atomic mass is 10.1. The van der Waals surface area contributed by atoms with Gasteiger partial charge in [0.05, 0.1) is 6.61 Å². The molecule has 88 valence electrons. The van der Waals surface area contributed by atoms with E-state index in [0.717, 1.165) is 6.54 Å². The van der Waals surface area contributed by atoms with Gasteiger partial charge in [0.2, 0.25) is 5.91 Å². The molecule has 1 aliphatic rings. The van der Waals surface area contributed by atoms with Crippen LogP contribution in [0.15, 0.2) is 11.6 Å². The van der Waals surface area contributed by atoms with Crippen LogP contribution in [0.1, 0.15) is 34.6 Å². The molecule has 0 amide bonds. The van der Waals surface area contributed by atoms with Gasteiger partial charge in [0, 0.05) is 26.1 Å². The normalized spacial score (nSPS) is 30.5. The lowest BCUT2D eigenvalue weighted by Crippen LogP contribution is -2.51. The van der Waals surface area contributed by atoms with Gasteiger partial charge in [-0.25, -0.2) is 4.90 Å². The SMILES string of the molecule is COC1(C)OCC(C)(C)N1CC=C(C)C. The number of nitrogens with zero attached hydrogens (tertiary/aromatic N) is 1. The Morgan fingerprint density at radius 2 is 2.00 bits per heavy atom. The van der Waals surface area contributed by atoms with Gasteiger partial charge in [-0.3, -0.25) is 0 Å². The average Bonchev–Trinajstić information content (AvgIpc) is 2.36. The van der Waals surface area contributed by atoms with Crippen LogP contribution >= 0.6 is 0 Å². The fraction of sp³-hybridized carbons (Fsp3) is 0.833. The van der Waals surface area contributed by atoms with E-state index in [2.05, 4.69) is 38.7 Å². The summed E-state index contributed by atoms with van der Waals surface area (Å²) in [7, 11) is 1.69. The van der Waals surface area contributed by atoms with Crippen LogP contribution in [-0.4, -0.2) is 36.6 Å². The standard InChI is InChI=1S/C12H23NO2/c1-10(2)7-8-13-11(3,4)9-15-12(13,5)14-6/h7H,8-9H2,1-6H3. The lowest BCUT2D eigenvalue weighted by Gasteiger charge is -2.37. The summed E-state index contributed by atoms with van der Waals surface area (Å²) in [5.41, 5.74) is 1.34. The average molecular weight is 213 g/mol. The van der Waals surface area contributed by atoms with Crippen molar-refractivity contribution in [3.63, 3.8) is 0 Å². The van der Waals surface area contributed by atoms with Crippen LogP contribution in [0.25, 0.3) is 0 Å². The fourth-order valence-electron chi connectivity index (χ4n) is 1.87. The molecule has 0 saturated carbocycles. The Kier molecular flexibility index (Phi) is 3.59. The topological polar surface area (TPSA) is 21.7 Å². The van der Waals surface area contributed by atoms with E-state index >= 15 is 0 Å². The van der Waals surface area contributed by atoms with E-state index in [1.54, 1.807) is 7.11 Å². The monoisotopic (exact) mass is 213 g/mol. The van der Waals surface area contributed by atoms with E-state index < -0.39 is 5.91 Å². The number of hydrogen-bond acceptors (Lipinski definition) is 3. The van der Waals surface area contributed by atoms with Crippen LogP contribution in [0.5, 0.6) is 0 Å². The summed E-state index contributed by atoms with van der Waals surface area (Å²) in [6.07, 6.45) is 2.20. The Bertz CT molecular complexity index is 256. The minimum absolute atomic E-state index is 0.0245. The second-order valence-corrected chi connectivity index (χ2v) is 5.10. The molecule has 0 radical (unpaired) electrons. The van der Waals surface area contributed by atoms with Gasteiger partial charge in [-0.05, 0) is 27.7 Å². The Balaban J connectivity index is 2.83. The summed E-state index contributed by atoms with van der Waals surface area (Å²) in [6, 6.07) is 0. The van der Waals surface area contributed by atoms with Gasteiger partial charge in [-0.2, -0.15) is 0 Å². The molecule has 1 aliphatic heterocycles. The molecule has 0 aromatic rings. The van der Waals surface area contributed by atoms with Crippen molar-refractivity contribution < 1.29 is 9.47 Å². The summed E-state index contributed by atoms with van der Waals surface area (Å²) in [5, 5.41) is 0. The molecule has 1 unspecified atom stereocenters. The molecule has 3 nitrogen and oxygen atoms in total. The van der Waals surface area contributed by atoms with Gasteiger partial charge < -0.3 is 9.47 Å². The minimum Gasteiger partial charge on any atom is -0.341 e. The zero-order valence-electron chi connectivity index (χ0n) is 10.8. The Morgan fingerprint density at radius 1 is 1.40 bits per heavy atom. The first-order chi connectivity index (χ1) is 6.82. The van der Waals surface area contributed by atoms with E-state index in [1.165, 1.54) is 5.57 Å². The minimum atomic E-state index is -0.588. The third-order valence-electron chi connectivity index (χ3n) is 2.98. The molecule has 15 heavy (non-hydrogen) atoms. The highest BCUT2D eigenvalue weighted by molar-refractivity contribution is 5.00. The van der Waals surface area contributed by atoms with Gasteiger partial charge in [0.25, 0.3) is 0 Å². The number of allylic oxidation sites excluding steroid dienone is 1.